The van der Waals surface area contributed by atoms with Gasteiger partial charge in [0.1, 0.15) is 11.5 Å². The minimum absolute atomic E-state index is 0.397. The highest BCUT2D eigenvalue weighted by atomic mass is 16.5. The molecule has 1 nitrogen and oxygen atoms in total. The first-order valence-electron chi connectivity index (χ1n) is 16.7. The first-order chi connectivity index (χ1) is 23.2. The van der Waals surface area contributed by atoms with Crippen LogP contribution in [0.3, 0.4) is 0 Å². The normalized spacial score (nSPS) is 18.7. The van der Waals surface area contributed by atoms with E-state index < -0.39 is 5.41 Å². The van der Waals surface area contributed by atoms with Gasteiger partial charge in [-0.1, -0.05) is 122 Å². The summed E-state index contributed by atoms with van der Waals surface area (Å²) in [6.45, 7) is 2.40. The molecule has 1 aliphatic heterocycles. The molecule has 7 aromatic rings. The molecule has 3 aliphatic rings. The molecule has 7 aromatic carbocycles. The molecular formula is C46H32O. The lowest BCUT2D eigenvalue weighted by atomic mass is 9.62. The molecule has 0 fully saturated rings. The third-order valence-electron chi connectivity index (χ3n) is 10.7. The number of hydrogen-bond donors (Lipinski definition) is 0. The maximum Gasteiger partial charge on any atom is 0.135 e. The van der Waals surface area contributed by atoms with Crippen LogP contribution in [0, 0.1) is 5.92 Å². The Morgan fingerprint density at radius 2 is 1.30 bits per heavy atom. The lowest BCUT2D eigenvalue weighted by Crippen LogP contribution is -2.33. The summed E-state index contributed by atoms with van der Waals surface area (Å²) in [5, 5.41) is 4.94. The van der Waals surface area contributed by atoms with Gasteiger partial charge in [-0.2, -0.15) is 0 Å². The topological polar surface area (TPSA) is 9.23 Å². The second-order valence-electron chi connectivity index (χ2n) is 13.3. The van der Waals surface area contributed by atoms with Gasteiger partial charge < -0.3 is 4.74 Å². The Morgan fingerprint density at radius 1 is 0.553 bits per heavy atom. The zero-order valence-electron chi connectivity index (χ0n) is 26.2. The molecule has 0 saturated heterocycles. The van der Waals surface area contributed by atoms with E-state index in [4.69, 9.17) is 4.74 Å². The summed E-state index contributed by atoms with van der Waals surface area (Å²) < 4.78 is 6.36. The molecule has 1 heteroatoms. The van der Waals surface area contributed by atoms with Gasteiger partial charge in [0.15, 0.2) is 0 Å². The lowest BCUT2D eigenvalue weighted by Gasteiger charge is -2.39. The average molecular weight is 601 g/mol. The monoisotopic (exact) mass is 600 g/mol. The van der Waals surface area contributed by atoms with Crippen molar-refractivity contribution in [3.8, 4) is 44.9 Å². The highest BCUT2D eigenvalue weighted by Crippen LogP contribution is 2.59. The van der Waals surface area contributed by atoms with E-state index in [1.54, 1.807) is 0 Å². The molecule has 0 amide bonds. The van der Waals surface area contributed by atoms with E-state index in [1.807, 2.05) is 6.07 Å². The Labute approximate surface area is 275 Å². The molecule has 0 bridgehead atoms. The third-order valence-corrected chi connectivity index (χ3v) is 10.7. The van der Waals surface area contributed by atoms with Gasteiger partial charge in [-0.15, -0.1) is 0 Å². The van der Waals surface area contributed by atoms with E-state index in [9.17, 15) is 0 Å². The molecule has 0 radical (unpaired) electrons. The SMILES string of the molecule is CC1CC=CC=C1C1(c2cccc(-c3cc4c5c(cccc5c3)Oc3ccccc3-4)c2)c2ccccc2-c2cc3ccccc3cc21. The maximum atomic E-state index is 6.36. The first-order valence-corrected chi connectivity index (χ1v) is 16.7. The molecule has 0 saturated carbocycles. The summed E-state index contributed by atoms with van der Waals surface area (Å²) in [4.78, 5) is 0. The second-order valence-corrected chi connectivity index (χ2v) is 13.3. The van der Waals surface area contributed by atoms with Crippen LogP contribution in [0.15, 0.2) is 163 Å². The van der Waals surface area contributed by atoms with Crippen molar-refractivity contribution in [2.24, 2.45) is 5.92 Å². The smallest absolute Gasteiger partial charge is 0.135 e. The Balaban J connectivity index is 1.26. The molecule has 0 aromatic heterocycles. The number of para-hydroxylation sites is 1. The fourth-order valence-electron chi connectivity index (χ4n) is 8.68. The van der Waals surface area contributed by atoms with Crippen molar-refractivity contribution >= 4 is 21.5 Å². The lowest BCUT2D eigenvalue weighted by molar-refractivity contribution is 0.487. The Bertz CT molecular complexity index is 2490. The molecule has 47 heavy (non-hydrogen) atoms. The zero-order valence-corrected chi connectivity index (χ0v) is 26.2. The van der Waals surface area contributed by atoms with E-state index in [1.165, 1.54) is 71.6 Å². The van der Waals surface area contributed by atoms with Crippen molar-refractivity contribution in [2.45, 2.75) is 18.8 Å². The molecule has 2 aliphatic carbocycles. The largest absolute Gasteiger partial charge is 0.456 e. The van der Waals surface area contributed by atoms with E-state index in [0.29, 0.717) is 5.92 Å². The van der Waals surface area contributed by atoms with Crippen molar-refractivity contribution < 1.29 is 4.74 Å². The summed E-state index contributed by atoms with van der Waals surface area (Å²) >= 11 is 0. The minimum Gasteiger partial charge on any atom is -0.456 e. The van der Waals surface area contributed by atoms with Crippen LogP contribution >= 0.6 is 0 Å². The van der Waals surface area contributed by atoms with Gasteiger partial charge in [0.05, 0.1) is 5.41 Å². The highest BCUT2D eigenvalue weighted by Gasteiger charge is 2.48. The Kier molecular flexibility index (Phi) is 5.60. The van der Waals surface area contributed by atoms with Crippen LogP contribution < -0.4 is 4.74 Å². The van der Waals surface area contributed by atoms with Crippen molar-refractivity contribution in [3.05, 3.63) is 180 Å². The van der Waals surface area contributed by atoms with Crippen molar-refractivity contribution in [2.75, 3.05) is 0 Å². The summed E-state index contributed by atoms with van der Waals surface area (Å²) in [6, 6.07) is 51.7. The summed E-state index contributed by atoms with van der Waals surface area (Å²) in [7, 11) is 0. The summed E-state index contributed by atoms with van der Waals surface area (Å²) in [5.74, 6) is 2.23. The van der Waals surface area contributed by atoms with Crippen LogP contribution in [0.5, 0.6) is 11.5 Å². The van der Waals surface area contributed by atoms with Gasteiger partial charge >= 0.3 is 0 Å². The van der Waals surface area contributed by atoms with Crippen molar-refractivity contribution in [1.29, 1.82) is 0 Å². The number of rotatable bonds is 3. The number of hydrogen-bond acceptors (Lipinski definition) is 1. The molecule has 0 spiro atoms. The average Bonchev–Trinajstić information content (AvgIpc) is 3.41. The van der Waals surface area contributed by atoms with Gasteiger partial charge in [-0.05, 0) is 121 Å². The molecule has 2 atom stereocenters. The number of fused-ring (bicyclic) bond motifs is 6. The Hall–Kier alpha value is -5.66. The zero-order chi connectivity index (χ0) is 31.1. The van der Waals surface area contributed by atoms with Gasteiger partial charge in [-0.25, -0.2) is 0 Å². The number of benzene rings is 7. The number of allylic oxidation sites excluding steroid dienone is 4. The molecule has 2 unspecified atom stereocenters. The van der Waals surface area contributed by atoms with Crippen LogP contribution in [0.4, 0.5) is 0 Å². The fraction of sp³-hybridized carbons (Fsp3) is 0.0870. The summed E-state index contributed by atoms with van der Waals surface area (Å²) in [5.41, 5.74) is 12.6. The standard InChI is InChI=1S/C46H32O/c1-29-12-2-7-20-40(29)46(41-21-8-5-18-36(41)38-26-31-13-3-4-14-32(31)28-42(38)46)35-17-10-15-30(25-35)34-24-33-16-11-23-44-45(33)39(27-34)37-19-6-9-22-43(37)47-44/h2-11,13-29H,12H2,1H3. The van der Waals surface area contributed by atoms with Gasteiger partial charge in [0, 0.05) is 10.9 Å². The number of ether oxygens (including phenoxy) is 1. The molecule has 1 heterocycles. The van der Waals surface area contributed by atoms with Gasteiger partial charge in [0.2, 0.25) is 0 Å². The van der Waals surface area contributed by atoms with Gasteiger partial charge in [-0.3, -0.25) is 0 Å². The Morgan fingerprint density at radius 3 is 2.19 bits per heavy atom. The molecule has 222 valence electrons. The quantitative estimate of drug-likeness (QED) is 0.196. The van der Waals surface area contributed by atoms with Crippen LogP contribution in [0.25, 0.3) is 54.9 Å². The first kappa shape index (κ1) is 26.5. The van der Waals surface area contributed by atoms with Crippen molar-refractivity contribution in [1.82, 2.24) is 0 Å². The van der Waals surface area contributed by atoms with E-state index in [0.717, 1.165) is 23.5 Å². The summed E-state index contributed by atoms with van der Waals surface area (Å²) in [6.07, 6.45) is 8.03. The minimum atomic E-state index is -0.408. The van der Waals surface area contributed by atoms with E-state index >= 15 is 0 Å². The van der Waals surface area contributed by atoms with Crippen LogP contribution in [0.1, 0.15) is 30.0 Å². The molecular weight excluding hydrogens is 569 g/mol. The van der Waals surface area contributed by atoms with Crippen LogP contribution in [-0.4, -0.2) is 0 Å². The van der Waals surface area contributed by atoms with Crippen LogP contribution in [0.2, 0.25) is 0 Å². The maximum absolute atomic E-state index is 6.36. The van der Waals surface area contributed by atoms with Gasteiger partial charge in [0.25, 0.3) is 0 Å². The molecule has 0 N–H and O–H groups in total. The predicted octanol–water partition coefficient (Wildman–Crippen LogP) is 12.3. The predicted molar refractivity (Wildman–Crippen MR) is 195 cm³/mol. The fourth-order valence-corrected chi connectivity index (χ4v) is 8.68. The van der Waals surface area contributed by atoms with E-state index in [-0.39, 0.29) is 0 Å². The van der Waals surface area contributed by atoms with E-state index in [2.05, 4.69) is 159 Å². The highest BCUT2D eigenvalue weighted by molar-refractivity contribution is 6.06. The van der Waals surface area contributed by atoms with Crippen molar-refractivity contribution in [3.63, 3.8) is 0 Å². The third kappa shape index (κ3) is 3.71. The van der Waals surface area contributed by atoms with Crippen LogP contribution in [-0.2, 0) is 5.41 Å². The second kappa shape index (κ2) is 9.92. The molecule has 10 rings (SSSR count).